The summed E-state index contributed by atoms with van der Waals surface area (Å²) < 4.78 is 0. The maximum Gasteiger partial charge on any atom is 0.223 e. The fraction of sp³-hybridized carbons (Fsp3) is 0.909. The van der Waals surface area contributed by atoms with Crippen LogP contribution in [0.3, 0.4) is 0 Å². The van der Waals surface area contributed by atoms with E-state index in [2.05, 4.69) is 10.6 Å². The molecule has 0 heterocycles. The average molecular weight is 214 g/mol. The van der Waals surface area contributed by atoms with Gasteiger partial charge < -0.3 is 15.7 Å². The van der Waals surface area contributed by atoms with E-state index in [0.29, 0.717) is 19.6 Å². The molecule has 3 N–H and O–H groups in total. The standard InChI is InChI=1S/C11H22N2O2/c1-3-11(2,15)8-12-6-7-13-10(14)9-4-5-9/h9,12,15H,3-8H2,1-2H3,(H,13,14). The van der Waals surface area contributed by atoms with E-state index in [1.807, 2.05) is 13.8 Å². The normalized spacial score (nSPS) is 19.7. The first kappa shape index (κ1) is 12.5. The van der Waals surface area contributed by atoms with E-state index >= 15 is 0 Å². The molecule has 1 amide bonds. The van der Waals surface area contributed by atoms with Gasteiger partial charge in [-0.2, -0.15) is 0 Å². The molecule has 0 aromatic heterocycles. The molecule has 0 aromatic carbocycles. The van der Waals surface area contributed by atoms with Crippen molar-refractivity contribution < 1.29 is 9.90 Å². The van der Waals surface area contributed by atoms with Gasteiger partial charge in [0.05, 0.1) is 5.60 Å². The van der Waals surface area contributed by atoms with Crippen molar-refractivity contribution in [1.29, 1.82) is 0 Å². The Labute approximate surface area is 91.4 Å². The van der Waals surface area contributed by atoms with Gasteiger partial charge in [-0.05, 0) is 26.2 Å². The Kier molecular flexibility index (Phi) is 4.54. The van der Waals surface area contributed by atoms with E-state index in [1.165, 1.54) is 0 Å². The van der Waals surface area contributed by atoms with Gasteiger partial charge in [0.1, 0.15) is 0 Å². The summed E-state index contributed by atoms with van der Waals surface area (Å²) in [5, 5.41) is 15.7. The second-order valence-corrected chi connectivity index (χ2v) is 4.59. The van der Waals surface area contributed by atoms with Crippen molar-refractivity contribution in [1.82, 2.24) is 10.6 Å². The number of aliphatic hydroxyl groups is 1. The third-order valence-corrected chi connectivity index (χ3v) is 2.82. The Morgan fingerprint density at radius 2 is 2.13 bits per heavy atom. The highest BCUT2D eigenvalue weighted by atomic mass is 16.3. The Bertz CT molecular complexity index is 213. The molecule has 0 spiro atoms. The van der Waals surface area contributed by atoms with Crippen LogP contribution in [0.5, 0.6) is 0 Å². The Hall–Kier alpha value is -0.610. The summed E-state index contributed by atoms with van der Waals surface area (Å²) in [7, 11) is 0. The maximum absolute atomic E-state index is 11.2. The third kappa shape index (κ3) is 5.14. The lowest BCUT2D eigenvalue weighted by molar-refractivity contribution is -0.122. The van der Waals surface area contributed by atoms with Crippen LogP contribution in [0.15, 0.2) is 0 Å². The topological polar surface area (TPSA) is 61.4 Å². The number of rotatable bonds is 7. The van der Waals surface area contributed by atoms with Crippen LogP contribution in [0, 0.1) is 5.92 Å². The van der Waals surface area contributed by atoms with Gasteiger partial charge in [0.2, 0.25) is 5.91 Å². The number of nitrogens with one attached hydrogen (secondary N) is 2. The van der Waals surface area contributed by atoms with E-state index < -0.39 is 5.60 Å². The van der Waals surface area contributed by atoms with Crippen molar-refractivity contribution in [3.63, 3.8) is 0 Å². The van der Waals surface area contributed by atoms with Crippen LogP contribution in [0.25, 0.3) is 0 Å². The molecule has 88 valence electrons. The Morgan fingerprint density at radius 3 is 2.67 bits per heavy atom. The molecule has 1 aliphatic rings. The predicted molar refractivity (Wildman–Crippen MR) is 59.5 cm³/mol. The minimum Gasteiger partial charge on any atom is -0.389 e. The molecule has 1 saturated carbocycles. The van der Waals surface area contributed by atoms with Crippen LogP contribution in [-0.4, -0.2) is 36.2 Å². The number of carbonyl (C=O) groups excluding carboxylic acids is 1. The van der Waals surface area contributed by atoms with Crippen molar-refractivity contribution in [3.8, 4) is 0 Å². The van der Waals surface area contributed by atoms with E-state index in [9.17, 15) is 9.90 Å². The summed E-state index contributed by atoms with van der Waals surface area (Å²) in [6.07, 6.45) is 2.82. The van der Waals surface area contributed by atoms with Crippen molar-refractivity contribution in [2.75, 3.05) is 19.6 Å². The highest BCUT2D eigenvalue weighted by molar-refractivity contribution is 5.80. The fourth-order valence-corrected chi connectivity index (χ4v) is 1.25. The lowest BCUT2D eigenvalue weighted by Crippen LogP contribution is -2.40. The minimum atomic E-state index is -0.638. The molecular formula is C11H22N2O2. The first-order valence-electron chi connectivity index (χ1n) is 5.76. The van der Waals surface area contributed by atoms with Crippen LogP contribution >= 0.6 is 0 Å². The Morgan fingerprint density at radius 1 is 1.47 bits per heavy atom. The van der Waals surface area contributed by atoms with E-state index in [1.54, 1.807) is 0 Å². The second kappa shape index (κ2) is 5.47. The molecule has 0 aromatic rings. The summed E-state index contributed by atoms with van der Waals surface area (Å²) >= 11 is 0. The van der Waals surface area contributed by atoms with E-state index in [0.717, 1.165) is 19.3 Å². The third-order valence-electron chi connectivity index (χ3n) is 2.82. The second-order valence-electron chi connectivity index (χ2n) is 4.59. The van der Waals surface area contributed by atoms with Crippen LogP contribution in [0.2, 0.25) is 0 Å². The molecular weight excluding hydrogens is 192 g/mol. The molecule has 1 rings (SSSR count). The smallest absolute Gasteiger partial charge is 0.223 e. The number of hydrogen-bond donors (Lipinski definition) is 3. The van der Waals surface area contributed by atoms with E-state index in [4.69, 9.17) is 0 Å². The van der Waals surface area contributed by atoms with Gasteiger partial charge in [0.15, 0.2) is 0 Å². The lowest BCUT2D eigenvalue weighted by atomic mass is 10.0. The monoisotopic (exact) mass is 214 g/mol. The molecule has 1 unspecified atom stereocenters. The van der Waals surface area contributed by atoms with Crippen LogP contribution in [0.1, 0.15) is 33.1 Å². The highest BCUT2D eigenvalue weighted by Crippen LogP contribution is 2.28. The number of carbonyl (C=O) groups is 1. The van der Waals surface area contributed by atoms with Gasteiger partial charge in [-0.15, -0.1) is 0 Å². The van der Waals surface area contributed by atoms with Gasteiger partial charge in [-0.3, -0.25) is 4.79 Å². The van der Waals surface area contributed by atoms with Crippen LogP contribution in [-0.2, 0) is 4.79 Å². The molecule has 15 heavy (non-hydrogen) atoms. The lowest BCUT2D eigenvalue weighted by Gasteiger charge is -2.21. The van der Waals surface area contributed by atoms with Crippen molar-refractivity contribution in [2.45, 2.75) is 38.7 Å². The van der Waals surface area contributed by atoms with Crippen molar-refractivity contribution in [2.24, 2.45) is 5.92 Å². The Balaban J connectivity index is 1.94. The zero-order chi connectivity index (χ0) is 11.3. The molecule has 1 atom stereocenters. The van der Waals surface area contributed by atoms with Gasteiger partial charge in [-0.25, -0.2) is 0 Å². The number of hydrogen-bond acceptors (Lipinski definition) is 3. The van der Waals surface area contributed by atoms with Gasteiger partial charge in [0.25, 0.3) is 0 Å². The fourth-order valence-electron chi connectivity index (χ4n) is 1.25. The molecule has 0 bridgehead atoms. The molecule has 1 fully saturated rings. The van der Waals surface area contributed by atoms with Crippen LogP contribution < -0.4 is 10.6 Å². The molecule has 0 aliphatic heterocycles. The summed E-state index contributed by atoms with van der Waals surface area (Å²) in [5.41, 5.74) is -0.638. The van der Waals surface area contributed by atoms with Crippen molar-refractivity contribution in [3.05, 3.63) is 0 Å². The molecule has 4 nitrogen and oxygen atoms in total. The summed E-state index contributed by atoms with van der Waals surface area (Å²) in [4.78, 5) is 11.2. The van der Waals surface area contributed by atoms with Crippen LogP contribution in [0.4, 0.5) is 0 Å². The zero-order valence-corrected chi connectivity index (χ0v) is 9.68. The average Bonchev–Trinajstić information content (AvgIpc) is 3.00. The maximum atomic E-state index is 11.2. The number of amides is 1. The minimum absolute atomic E-state index is 0.180. The molecule has 4 heteroatoms. The SMILES string of the molecule is CCC(C)(O)CNCCNC(=O)C1CC1. The zero-order valence-electron chi connectivity index (χ0n) is 9.68. The van der Waals surface area contributed by atoms with Gasteiger partial charge in [-0.1, -0.05) is 6.92 Å². The predicted octanol–water partition coefficient (Wildman–Crippen LogP) is 0.263. The molecule has 1 aliphatic carbocycles. The molecule has 0 saturated heterocycles. The summed E-state index contributed by atoms with van der Waals surface area (Å²) in [5.74, 6) is 0.461. The molecule has 0 radical (unpaired) electrons. The first-order valence-corrected chi connectivity index (χ1v) is 5.76. The highest BCUT2D eigenvalue weighted by Gasteiger charge is 2.28. The van der Waals surface area contributed by atoms with E-state index in [-0.39, 0.29) is 11.8 Å². The van der Waals surface area contributed by atoms with Crippen molar-refractivity contribution >= 4 is 5.91 Å². The van der Waals surface area contributed by atoms with Gasteiger partial charge in [0, 0.05) is 25.6 Å². The summed E-state index contributed by atoms with van der Waals surface area (Å²) in [6.45, 7) is 5.70. The quantitative estimate of drug-likeness (QED) is 0.533. The largest absolute Gasteiger partial charge is 0.389 e. The first-order chi connectivity index (χ1) is 7.05. The summed E-state index contributed by atoms with van der Waals surface area (Å²) in [6, 6.07) is 0. The van der Waals surface area contributed by atoms with Gasteiger partial charge >= 0.3 is 0 Å².